The Labute approximate surface area is 225 Å². The summed E-state index contributed by atoms with van der Waals surface area (Å²) in [6, 6.07) is 20.3. The lowest BCUT2D eigenvalue weighted by Crippen LogP contribution is -3.00. The number of quaternary nitrogens is 1. The van der Waals surface area contributed by atoms with Crippen molar-refractivity contribution in [3.63, 3.8) is 0 Å². The van der Waals surface area contributed by atoms with Crippen LogP contribution in [0.4, 0.5) is 0 Å². The summed E-state index contributed by atoms with van der Waals surface area (Å²) >= 11 is 0. The summed E-state index contributed by atoms with van der Waals surface area (Å²) in [7, 11) is 0. The number of carbonyl (C=O) groups is 1. The van der Waals surface area contributed by atoms with E-state index in [1.165, 1.54) is 12.8 Å². The van der Waals surface area contributed by atoms with Crippen molar-refractivity contribution >= 4 is 5.97 Å². The van der Waals surface area contributed by atoms with Crippen LogP contribution in [0.5, 0.6) is 0 Å². The smallest absolute Gasteiger partial charge is 0.317 e. The zero-order valence-corrected chi connectivity index (χ0v) is 22.1. The Morgan fingerprint density at radius 1 is 0.919 bits per heavy atom. The van der Waals surface area contributed by atoms with Crippen LogP contribution in [0.15, 0.2) is 65.1 Å². The van der Waals surface area contributed by atoms with Gasteiger partial charge in [0, 0.05) is 24.3 Å². The van der Waals surface area contributed by atoms with Crippen LogP contribution in [0.3, 0.4) is 0 Å². The van der Waals surface area contributed by atoms with E-state index in [0.717, 1.165) is 73.8 Å². The fourth-order valence-corrected chi connectivity index (χ4v) is 6.83. The van der Waals surface area contributed by atoms with Gasteiger partial charge in [-0.15, -0.1) is 10.2 Å². The van der Waals surface area contributed by atoms with E-state index in [-0.39, 0.29) is 24.5 Å². The number of aromatic nitrogens is 2. The van der Waals surface area contributed by atoms with Crippen molar-refractivity contribution in [1.29, 1.82) is 0 Å². The average molecular weight is 522 g/mol. The summed E-state index contributed by atoms with van der Waals surface area (Å²) in [6.45, 7) is 3.69. The number of piperidine rings is 3. The second-order valence-corrected chi connectivity index (χ2v) is 11.1. The molecule has 7 rings (SSSR count). The number of benzene rings is 2. The Morgan fingerprint density at radius 2 is 1.57 bits per heavy atom. The molecule has 4 fully saturated rings. The van der Waals surface area contributed by atoms with Crippen molar-refractivity contribution in [2.45, 2.75) is 69.4 Å². The van der Waals surface area contributed by atoms with Crippen molar-refractivity contribution in [2.24, 2.45) is 5.92 Å². The molecule has 7 heteroatoms. The number of carbonyl (C=O) groups excluding carboxylic acids is 1. The Kier molecular flexibility index (Phi) is 7.68. The molecule has 1 aliphatic carbocycles. The third kappa shape index (κ3) is 5.19. The van der Waals surface area contributed by atoms with Gasteiger partial charge in [-0.3, -0.25) is 4.79 Å². The van der Waals surface area contributed by atoms with Crippen LogP contribution >= 0.6 is 0 Å². The van der Waals surface area contributed by atoms with Gasteiger partial charge in [0.15, 0.2) is 12.6 Å². The fraction of sp³-hybridized carbons (Fsp3) is 0.500. The Morgan fingerprint density at radius 3 is 2.24 bits per heavy atom. The van der Waals surface area contributed by atoms with Crippen molar-refractivity contribution in [3.05, 3.63) is 72.1 Å². The van der Waals surface area contributed by atoms with E-state index < -0.39 is 5.41 Å². The molecule has 6 nitrogen and oxygen atoms in total. The number of hydrogen-bond donors (Lipinski definition) is 0. The third-order valence-corrected chi connectivity index (χ3v) is 8.93. The highest BCUT2D eigenvalue weighted by Crippen LogP contribution is 2.42. The first-order valence-corrected chi connectivity index (χ1v) is 13.7. The molecule has 2 bridgehead atoms. The fourth-order valence-electron chi connectivity index (χ4n) is 6.83. The van der Waals surface area contributed by atoms with E-state index in [4.69, 9.17) is 9.15 Å². The number of ether oxygens (including phenoxy) is 1. The molecular formula is C30H36ClN3O3. The van der Waals surface area contributed by atoms with E-state index >= 15 is 0 Å². The molecule has 0 amide bonds. The molecule has 2 aromatic carbocycles. The first-order chi connectivity index (χ1) is 17.7. The van der Waals surface area contributed by atoms with Gasteiger partial charge in [0.25, 0.3) is 5.89 Å². The Bertz CT molecular complexity index is 1170. The van der Waals surface area contributed by atoms with E-state index in [2.05, 4.69) is 34.5 Å². The van der Waals surface area contributed by atoms with Gasteiger partial charge in [-0.25, -0.2) is 0 Å². The second-order valence-electron chi connectivity index (χ2n) is 11.1. The van der Waals surface area contributed by atoms with E-state index in [1.807, 2.05) is 36.4 Å². The number of fused-ring (bicyclic) bond motifs is 3. The predicted octanol–water partition coefficient (Wildman–Crippen LogP) is 2.69. The molecule has 4 aliphatic rings. The molecule has 0 spiro atoms. The van der Waals surface area contributed by atoms with Gasteiger partial charge in [-0.2, -0.15) is 0 Å². The Hall–Kier alpha value is -2.70. The van der Waals surface area contributed by atoms with Gasteiger partial charge in [-0.1, -0.05) is 74.2 Å². The average Bonchev–Trinajstić information content (AvgIpc) is 3.23. The number of rotatable bonds is 6. The quantitative estimate of drug-likeness (QED) is 0.283. The summed E-state index contributed by atoms with van der Waals surface area (Å²) in [4.78, 5) is 14.0. The molecule has 4 heterocycles. The Balaban J connectivity index is 0.00000280. The highest BCUT2D eigenvalue weighted by atomic mass is 35.5. The van der Waals surface area contributed by atoms with Crippen LogP contribution in [0.25, 0.3) is 11.5 Å². The maximum absolute atomic E-state index is 14.0. The van der Waals surface area contributed by atoms with E-state index in [1.54, 1.807) is 0 Å². The second kappa shape index (κ2) is 11.0. The highest BCUT2D eigenvalue weighted by molar-refractivity contribution is 5.83. The van der Waals surface area contributed by atoms with Crippen molar-refractivity contribution in [3.8, 4) is 11.5 Å². The highest BCUT2D eigenvalue weighted by Gasteiger charge is 2.51. The molecule has 1 atom stereocenters. The molecule has 3 aliphatic heterocycles. The lowest BCUT2D eigenvalue weighted by Gasteiger charge is -2.51. The van der Waals surface area contributed by atoms with Crippen LogP contribution < -0.4 is 12.4 Å². The van der Waals surface area contributed by atoms with E-state index in [9.17, 15) is 4.79 Å². The van der Waals surface area contributed by atoms with E-state index in [0.29, 0.717) is 24.2 Å². The zero-order chi connectivity index (χ0) is 24.4. The molecule has 0 radical (unpaired) electrons. The van der Waals surface area contributed by atoms with Gasteiger partial charge >= 0.3 is 5.97 Å². The first kappa shape index (κ1) is 25.9. The molecule has 1 aromatic heterocycles. The van der Waals surface area contributed by atoms with Gasteiger partial charge in [0.2, 0.25) is 5.89 Å². The van der Waals surface area contributed by atoms with Crippen LogP contribution in [0.1, 0.15) is 62.8 Å². The zero-order valence-electron chi connectivity index (χ0n) is 21.4. The maximum Gasteiger partial charge on any atom is 0.317 e. The predicted molar refractivity (Wildman–Crippen MR) is 137 cm³/mol. The lowest BCUT2D eigenvalue weighted by atomic mass is 9.74. The number of hydrogen-bond acceptors (Lipinski definition) is 5. The number of esters is 1. The van der Waals surface area contributed by atoms with Gasteiger partial charge in [0.05, 0.1) is 18.5 Å². The summed E-state index contributed by atoms with van der Waals surface area (Å²) in [6.07, 6.45) is 8.45. The first-order valence-electron chi connectivity index (χ1n) is 13.7. The maximum atomic E-state index is 14.0. The van der Waals surface area contributed by atoms with Crippen LogP contribution in [-0.4, -0.2) is 46.4 Å². The molecule has 37 heavy (non-hydrogen) atoms. The summed E-state index contributed by atoms with van der Waals surface area (Å²) in [5.74, 6) is 1.69. The molecule has 0 N–H and O–H groups in total. The van der Waals surface area contributed by atoms with Crippen LogP contribution in [-0.2, 0) is 21.5 Å². The standard InChI is InChI=1S/C30H36N3O3.ClH/c34-29(30(17-9-1-2-10-18-30)25-13-7-4-8-14-25)35-26-21-33(19-15-23(26)16-20-33)22-27-31-32-28(36-27)24-11-5-3-6-12-24;/h3-8,11-14,23,26H,1-2,9-10,15-22H2;1H/q+1;/p-1/t23?,26-,33?;/m0./s1. The minimum Gasteiger partial charge on any atom is -1.00 e. The van der Waals surface area contributed by atoms with Crippen molar-refractivity contribution < 1.29 is 30.8 Å². The normalized spacial score (nSPS) is 26.6. The van der Waals surface area contributed by atoms with Gasteiger partial charge in [-0.05, 0) is 30.5 Å². The van der Waals surface area contributed by atoms with Crippen LogP contribution in [0.2, 0.25) is 0 Å². The molecular weight excluding hydrogens is 486 g/mol. The SMILES string of the molecule is O=C(O[C@H]1C[N+]2(Cc3nnc(-c4ccccc4)o3)CCC1CC2)C1(c2ccccc2)CCCCCC1.[Cl-]. The van der Waals surface area contributed by atoms with Gasteiger partial charge in [0.1, 0.15) is 6.54 Å². The monoisotopic (exact) mass is 521 g/mol. The third-order valence-electron chi connectivity index (χ3n) is 8.93. The minimum absolute atomic E-state index is 0. The molecule has 3 aromatic rings. The summed E-state index contributed by atoms with van der Waals surface area (Å²) in [5.41, 5.74) is 1.56. The summed E-state index contributed by atoms with van der Waals surface area (Å²) in [5, 5.41) is 8.68. The number of nitrogens with zero attached hydrogens (tertiary/aromatic N) is 3. The van der Waals surface area contributed by atoms with Crippen molar-refractivity contribution in [1.82, 2.24) is 10.2 Å². The summed E-state index contributed by atoms with van der Waals surface area (Å²) < 4.78 is 13.4. The molecule has 196 valence electrons. The number of halogens is 1. The largest absolute Gasteiger partial charge is 1.00 e. The molecule has 3 saturated heterocycles. The molecule has 0 unspecified atom stereocenters. The van der Waals surface area contributed by atoms with Gasteiger partial charge < -0.3 is 26.0 Å². The lowest BCUT2D eigenvalue weighted by molar-refractivity contribution is -0.959. The molecule has 1 saturated carbocycles. The van der Waals surface area contributed by atoms with Crippen LogP contribution in [0, 0.1) is 5.92 Å². The minimum atomic E-state index is -0.508. The topological polar surface area (TPSA) is 65.2 Å². The van der Waals surface area contributed by atoms with Crippen molar-refractivity contribution in [2.75, 3.05) is 19.6 Å².